The van der Waals surface area contributed by atoms with Crippen molar-refractivity contribution < 1.29 is 19.0 Å². The summed E-state index contributed by atoms with van der Waals surface area (Å²) >= 11 is 0. The fraction of sp³-hybridized carbons (Fsp3) is 0.423. The van der Waals surface area contributed by atoms with Gasteiger partial charge in [0.15, 0.2) is 0 Å². The van der Waals surface area contributed by atoms with Crippen molar-refractivity contribution in [1.29, 1.82) is 0 Å². The Labute approximate surface area is 187 Å². The number of fused-ring (bicyclic) bond motifs is 4. The number of nitrogens with zero attached hydrogens (tertiary/aromatic N) is 2. The van der Waals surface area contributed by atoms with Crippen molar-refractivity contribution >= 4 is 16.8 Å². The lowest BCUT2D eigenvalue weighted by Gasteiger charge is -2.57. The van der Waals surface area contributed by atoms with Crippen LogP contribution in [0.25, 0.3) is 16.6 Å². The Bertz CT molecular complexity index is 1230. The standard InChI is InChI=1S/C26H29FN2O3/c1-24(2)15-32-26(13-25(3,14-26)23(31)28(4)5)21-20-18(7-6-8-19(20)30)29(22(21)24)17-11-9-16(27)10-12-17/h6-12,30H,13-15H2,1-5H3. The molecule has 1 amide bonds. The van der Waals surface area contributed by atoms with E-state index >= 15 is 0 Å². The summed E-state index contributed by atoms with van der Waals surface area (Å²) in [6.07, 6.45) is 1.11. The number of aromatic nitrogens is 1. The highest BCUT2D eigenvalue weighted by atomic mass is 19.1. The minimum absolute atomic E-state index is 0.0876. The van der Waals surface area contributed by atoms with Gasteiger partial charge in [0.2, 0.25) is 5.91 Å². The maximum atomic E-state index is 13.7. The van der Waals surface area contributed by atoms with E-state index in [1.54, 1.807) is 37.2 Å². The molecule has 1 spiro atoms. The summed E-state index contributed by atoms with van der Waals surface area (Å²) in [4.78, 5) is 14.5. The van der Waals surface area contributed by atoms with Crippen LogP contribution in [0.2, 0.25) is 0 Å². The van der Waals surface area contributed by atoms with E-state index in [0.29, 0.717) is 19.4 Å². The van der Waals surface area contributed by atoms with Gasteiger partial charge in [0.25, 0.3) is 0 Å². The summed E-state index contributed by atoms with van der Waals surface area (Å²) in [5, 5.41) is 11.7. The molecule has 1 aliphatic carbocycles. The number of hydrogen-bond donors (Lipinski definition) is 1. The number of carbonyl (C=O) groups excluding carboxylic acids is 1. The third-order valence-corrected chi connectivity index (χ3v) is 7.14. The van der Waals surface area contributed by atoms with Crippen LogP contribution in [0.4, 0.5) is 4.39 Å². The van der Waals surface area contributed by atoms with Gasteiger partial charge in [0.1, 0.15) is 11.6 Å². The average Bonchev–Trinajstić information content (AvgIpc) is 3.08. The topological polar surface area (TPSA) is 54.7 Å². The lowest BCUT2D eigenvalue weighted by molar-refractivity contribution is -0.200. The molecule has 2 heterocycles. The van der Waals surface area contributed by atoms with Crippen molar-refractivity contribution in [3.05, 3.63) is 59.5 Å². The van der Waals surface area contributed by atoms with E-state index in [0.717, 1.165) is 27.8 Å². The summed E-state index contributed by atoms with van der Waals surface area (Å²) in [5.74, 6) is -0.0182. The minimum atomic E-state index is -0.645. The van der Waals surface area contributed by atoms with Crippen molar-refractivity contribution in [3.8, 4) is 11.4 Å². The predicted octanol–water partition coefficient (Wildman–Crippen LogP) is 4.87. The predicted molar refractivity (Wildman–Crippen MR) is 122 cm³/mol. The summed E-state index contributed by atoms with van der Waals surface area (Å²) in [5.41, 5.74) is 2.18. The molecule has 5 rings (SSSR count). The Morgan fingerprint density at radius 3 is 2.38 bits per heavy atom. The van der Waals surface area contributed by atoms with Gasteiger partial charge in [-0.1, -0.05) is 26.8 Å². The van der Waals surface area contributed by atoms with Crippen molar-refractivity contribution in [2.45, 2.75) is 44.6 Å². The van der Waals surface area contributed by atoms with Gasteiger partial charge in [-0.15, -0.1) is 0 Å². The number of carbonyl (C=O) groups is 1. The van der Waals surface area contributed by atoms with Crippen LogP contribution in [0.15, 0.2) is 42.5 Å². The molecule has 5 nitrogen and oxygen atoms in total. The Hall–Kier alpha value is -2.86. The van der Waals surface area contributed by atoms with Crippen LogP contribution in [-0.2, 0) is 20.5 Å². The highest BCUT2D eigenvalue weighted by Gasteiger charge is 2.62. The maximum absolute atomic E-state index is 13.7. The number of rotatable bonds is 2. The molecule has 1 N–H and O–H groups in total. The zero-order chi connectivity index (χ0) is 23.1. The van der Waals surface area contributed by atoms with Gasteiger partial charge in [-0.3, -0.25) is 4.79 Å². The van der Waals surface area contributed by atoms with Crippen LogP contribution < -0.4 is 0 Å². The lowest BCUT2D eigenvalue weighted by atomic mass is 9.55. The molecule has 32 heavy (non-hydrogen) atoms. The molecule has 0 radical (unpaired) electrons. The number of aromatic hydroxyl groups is 1. The zero-order valence-electron chi connectivity index (χ0n) is 19.2. The van der Waals surface area contributed by atoms with Crippen molar-refractivity contribution in [3.63, 3.8) is 0 Å². The highest BCUT2D eigenvalue weighted by Crippen LogP contribution is 2.63. The summed E-state index contributed by atoms with van der Waals surface area (Å²) < 4.78 is 22.4. The third kappa shape index (κ3) is 2.75. The van der Waals surface area contributed by atoms with Gasteiger partial charge in [0.05, 0.1) is 23.1 Å². The molecular formula is C26H29FN2O3. The first-order valence-corrected chi connectivity index (χ1v) is 11.0. The molecule has 1 aliphatic heterocycles. The van der Waals surface area contributed by atoms with Crippen molar-refractivity contribution in [2.24, 2.45) is 5.41 Å². The van der Waals surface area contributed by atoms with E-state index in [1.807, 2.05) is 19.1 Å². The van der Waals surface area contributed by atoms with E-state index in [2.05, 4.69) is 18.4 Å². The third-order valence-electron chi connectivity index (χ3n) is 7.14. The van der Waals surface area contributed by atoms with Crippen LogP contribution in [0, 0.1) is 11.2 Å². The molecule has 1 saturated carbocycles. The van der Waals surface area contributed by atoms with Crippen LogP contribution in [-0.4, -0.2) is 41.2 Å². The first-order valence-electron chi connectivity index (χ1n) is 11.0. The Morgan fingerprint density at radius 2 is 1.75 bits per heavy atom. The second-order valence-corrected chi connectivity index (χ2v) is 10.5. The van der Waals surface area contributed by atoms with Gasteiger partial charge >= 0.3 is 0 Å². The molecule has 0 bridgehead atoms. The Kier molecular flexibility index (Phi) is 4.32. The molecule has 2 aromatic carbocycles. The molecule has 1 fully saturated rings. The number of phenols is 1. The van der Waals surface area contributed by atoms with Crippen molar-refractivity contribution in [2.75, 3.05) is 20.7 Å². The van der Waals surface area contributed by atoms with Gasteiger partial charge in [-0.25, -0.2) is 4.39 Å². The fourth-order valence-electron chi connectivity index (χ4n) is 5.90. The van der Waals surface area contributed by atoms with Crippen LogP contribution in [0.5, 0.6) is 5.75 Å². The van der Waals surface area contributed by atoms with E-state index in [4.69, 9.17) is 4.74 Å². The zero-order valence-corrected chi connectivity index (χ0v) is 19.2. The smallest absolute Gasteiger partial charge is 0.228 e. The second-order valence-electron chi connectivity index (χ2n) is 10.5. The quantitative estimate of drug-likeness (QED) is 0.624. The monoisotopic (exact) mass is 436 g/mol. The number of benzene rings is 2. The van der Waals surface area contributed by atoms with E-state index in [1.165, 1.54) is 12.1 Å². The molecule has 6 heteroatoms. The summed E-state index contributed by atoms with van der Waals surface area (Å²) in [6.45, 7) is 6.72. The van der Waals surface area contributed by atoms with E-state index < -0.39 is 11.0 Å². The number of ether oxygens (including phenoxy) is 1. The number of halogens is 1. The number of hydrogen-bond acceptors (Lipinski definition) is 3. The van der Waals surface area contributed by atoms with E-state index in [-0.39, 0.29) is 22.9 Å². The molecule has 168 valence electrons. The van der Waals surface area contributed by atoms with Gasteiger partial charge in [0, 0.05) is 41.8 Å². The summed E-state index contributed by atoms with van der Waals surface area (Å²) in [7, 11) is 3.56. The SMILES string of the molecule is CN(C)C(=O)C1(C)CC2(C1)OCC(C)(C)c1c2c2c(O)cccc2n1-c1ccc(F)cc1. The molecule has 2 aliphatic rings. The van der Waals surface area contributed by atoms with Gasteiger partial charge < -0.3 is 19.3 Å². The Balaban J connectivity index is 1.79. The lowest BCUT2D eigenvalue weighted by Crippen LogP contribution is -2.59. The first-order chi connectivity index (χ1) is 15.0. The average molecular weight is 437 g/mol. The normalized spacial score (nSPS) is 26.1. The number of amides is 1. The maximum Gasteiger partial charge on any atom is 0.228 e. The van der Waals surface area contributed by atoms with Crippen molar-refractivity contribution in [1.82, 2.24) is 9.47 Å². The van der Waals surface area contributed by atoms with Crippen LogP contribution >= 0.6 is 0 Å². The van der Waals surface area contributed by atoms with Crippen LogP contribution in [0.1, 0.15) is 44.9 Å². The highest BCUT2D eigenvalue weighted by molar-refractivity contribution is 5.95. The minimum Gasteiger partial charge on any atom is -0.507 e. The second kappa shape index (κ2) is 6.58. The van der Waals surface area contributed by atoms with Crippen LogP contribution in [0.3, 0.4) is 0 Å². The molecule has 0 atom stereocenters. The number of phenolic OH excluding ortho intramolecular Hbond substituents is 1. The molecule has 3 aromatic rings. The first kappa shape index (κ1) is 21.0. The Morgan fingerprint density at radius 1 is 1.09 bits per heavy atom. The molecule has 0 saturated heterocycles. The molecule has 1 aromatic heterocycles. The van der Waals surface area contributed by atoms with E-state index in [9.17, 15) is 14.3 Å². The van der Waals surface area contributed by atoms with Gasteiger partial charge in [-0.2, -0.15) is 0 Å². The largest absolute Gasteiger partial charge is 0.507 e. The fourth-order valence-corrected chi connectivity index (χ4v) is 5.90. The van der Waals surface area contributed by atoms with Gasteiger partial charge in [-0.05, 0) is 49.2 Å². The molecule has 0 unspecified atom stereocenters. The summed E-state index contributed by atoms with van der Waals surface area (Å²) in [6, 6.07) is 11.9. The molecular weight excluding hydrogens is 407 g/mol.